The van der Waals surface area contributed by atoms with E-state index in [9.17, 15) is 14.7 Å². The van der Waals surface area contributed by atoms with Crippen molar-refractivity contribution in [3.8, 4) is 23.0 Å². The quantitative estimate of drug-likeness (QED) is 0.318. The summed E-state index contributed by atoms with van der Waals surface area (Å²) < 4.78 is 12.0. The van der Waals surface area contributed by atoms with Gasteiger partial charge in [-0.25, -0.2) is 4.98 Å². The maximum Gasteiger partial charge on any atom is 0.286 e. The number of hydrogen-bond acceptors (Lipinski definition) is 7. The van der Waals surface area contributed by atoms with E-state index in [2.05, 4.69) is 15.3 Å². The molecule has 0 aliphatic carbocycles. The molecule has 5 rings (SSSR count). The zero-order valence-corrected chi connectivity index (χ0v) is 19.9. The molecule has 1 saturated heterocycles. The smallest absolute Gasteiger partial charge is 0.286 e. The van der Waals surface area contributed by atoms with Crippen LogP contribution in [0, 0.1) is 6.92 Å². The highest BCUT2D eigenvalue weighted by Gasteiger charge is 2.31. The predicted octanol–water partition coefficient (Wildman–Crippen LogP) is 5.40. The van der Waals surface area contributed by atoms with E-state index < -0.39 is 5.25 Å². The average Bonchev–Trinajstić information content (AvgIpc) is 3.39. The van der Waals surface area contributed by atoms with Gasteiger partial charge >= 0.3 is 0 Å². The summed E-state index contributed by atoms with van der Waals surface area (Å²) in [6.07, 6.45) is 0.154. The normalized spacial score (nSPS) is 16.3. The van der Waals surface area contributed by atoms with Crippen LogP contribution in [0.1, 0.15) is 30.0 Å². The second-order valence-electron chi connectivity index (χ2n) is 8.34. The number of imide groups is 1. The molecule has 3 aromatic carbocycles. The van der Waals surface area contributed by atoms with Gasteiger partial charge in [0.25, 0.3) is 5.24 Å². The maximum absolute atomic E-state index is 11.8. The van der Waals surface area contributed by atoms with E-state index in [1.54, 1.807) is 18.2 Å². The average molecular weight is 490 g/mol. The van der Waals surface area contributed by atoms with E-state index in [-0.39, 0.29) is 23.0 Å². The van der Waals surface area contributed by atoms with Crippen molar-refractivity contribution in [2.24, 2.45) is 0 Å². The number of phenolic OH excluding ortho intramolecular Hbond substituents is 1. The van der Waals surface area contributed by atoms with E-state index in [4.69, 9.17) is 9.47 Å². The fourth-order valence-electron chi connectivity index (χ4n) is 3.80. The first-order valence-electron chi connectivity index (χ1n) is 11.1. The summed E-state index contributed by atoms with van der Waals surface area (Å²) in [5.41, 5.74) is 3.31. The molecule has 1 aliphatic heterocycles. The van der Waals surface area contributed by atoms with Crippen molar-refractivity contribution < 1.29 is 24.2 Å². The lowest BCUT2D eigenvalue weighted by Crippen LogP contribution is -2.25. The molecule has 2 amide bonds. The Morgan fingerprint density at radius 2 is 1.74 bits per heavy atom. The Bertz CT molecular complexity index is 1420. The first-order chi connectivity index (χ1) is 16.8. The van der Waals surface area contributed by atoms with Crippen LogP contribution >= 0.6 is 11.8 Å². The highest BCUT2D eigenvalue weighted by molar-refractivity contribution is 8.15. The molecule has 8 nitrogen and oxygen atoms in total. The number of aryl methyl sites for hydroxylation is 1. The number of H-pyrrole nitrogens is 1. The summed E-state index contributed by atoms with van der Waals surface area (Å²) in [7, 11) is 0. The molecule has 2 unspecified atom stereocenters. The second-order valence-corrected chi connectivity index (χ2v) is 9.52. The molecule has 3 N–H and O–H groups in total. The van der Waals surface area contributed by atoms with Crippen molar-refractivity contribution in [1.29, 1.82) is 0 Å². The third kappa shape index (κ3) is 5.09. The fourth-order valence-corrected chi connectivity index (χ4v) is 4.66. The number of fused-ring (bicyclic) bond motifs is 1. The monoisotopic (exact) mass is 489 g/mol. The number of aromatic nitrogens is 2. The number of phenols is 1. The molecule has 35 heavy (non-hydrogen) atoms. The van der Waals surface area contributed by atoms with Crippen LogP contribution in [-0.4, -0.2) is 31.5 Å². The van der Waals surface area contributed by atoms with Gasteiger partial charge in [0.05, 0.1) is 16.3 Å². The zero-order valence-electron chi connectivity index (χ0n) is 19.1. The third-order valence-electron chi connectivity index (χ3n) is 5.68. The van der Waals surface area contributed by atoms with Crippen LogP contribution in [0.25, 0.3) is 11.0 Å². The van der Waals surface area contributed by atoms with E-state index in [1.165, 1.54) is 0 Å². The SMILES string of the molecule is Cc1cc(Oc2ccc3nc(C(C)Oc4ccc(CC5SC(=O)NC5=O)cc4)[nH]c3c2)ccc1O. The van der Waals surface area contributed by atoms with Crippen molar-refractivity contribution >= 4 is 33.9 Å². The van der Waals surface area contributed by atoms with Crippen molar-refractivity contribution in [1.82, 2.24) is 15.3 Å². The van der Waals surface area contributed by atoms with Crippen LogP contribution in [0.5, 0.6) is 23.0 Å². The van der Waals surface area contributed by atoms with Crippen LogP contribution in [0.4, 0.5) is 4.79 Å². The predicted molar refractivity (Wildman–Crippen MR) is 133 cm³/mol. The van der Waals surface area contributed by atoms with Gasteiger partial charge in [-0.3, -0.25) is 14.9 Å². The highest BCUT2D eigenvalue weighted by atomic mass is 32.2. The topological polar surface area (TPSA) is 114 Å². The Morgan fingerprint density at radius 1 is 1.03 bits per heavy atom. The molecule has 9 heteroatoms. The van der Waals surface area contributed by atoms with Crippen molar-refractivity contribution in [2.75, 3.05) is 0 Å². The summed E-state index contributed by atoms with van der Waals surface area (Å²) >= 11 is 1.02. The molecule has 0 radical (unpaired) electrons. The van der Waals surface area contributed by atoms with Crippen molar-refractivity contribution in [3.05, 3.63) is 77.6 Å². The number of ether oxygens (including phenoxy) is 2. The van der Waals surface area contributed by atoms with Crippen LogP contribution in [-0.2, 0) is 11.2 Å². The molecule has 2 atom stereocenters. The molecule has 0 bridgehead atoms. The van der Waals surface area contributed by atoms with Gasteiger partial charge < -0.3 is 19.6 Å². The Kier molecular flexibility index (Phi) is 6.08. The summed E-state index contributed by atoms with van der Waals surface area (Å²) in [5, 5.41) is 11.3. The fraction of sp³-hybridized carbons (Fsp3) is 0.192. The van der Waals surface area contributed by atoms with E-state index in [0.717, 1.165) is 33.9 Å². The zero-order chi connectivity index (χ0) is 24.5. The molecular formula is C26H23N3O5S. The van der Waals surface area contributed by atoms with Gasteiger partial charge in [0.15, 0.2) is 6.10 Å². The summed E-state index contributed by atoms with van der Waals surface area (Å²) in [6, 6.07) is 18.2. The standard InChI is InChI=1S/C26H23N3O5S/c1-14-11-18(8-10-22(14)30)34-19-7-9-20-21(13-19)28-24(27-20)15(2)33-17-5-3-16(4-6-17)12-23-25(31)29-26(32)35-23/h3-11,13,15,23,30H,12H2,1-2H3,(H,27,28)(H,29,31,32). The van der Waals surface area contributed by atoms with Crippen LogP contribution in [0.2, 0.25) is 0 Å². The van der Waals surface area contributed by atoms with Crippen molar-refractivity contribution in [3.63, 3.8) is 0 Å². The van der Waals surface area contributed by atoms with Crippen LogP contribution < -0.4 is 14.8 Å². The lowest BCUT2D eigenvalue weighted by Gasteiger charge is -2.13. The number of thioether (sulfide) groups is 1. The minimum atomic E-state index is -0.393. The van der Waals surface area contributed by atoms with Gasteiger partial charge in [0.2, 0.25) is 5.91 Å². The Labute approximate surface area is 205 Å². The number of carbonyl (C=O) groups excluding carboxylic acids is 2. The van der Waals surface area contributed by atoms with Gasteiger partial charge in [-0.05, 0) is 73.9 Å². The van der Waals surface area contributed by atoms with Gasteiger partial charge in [-0.2, -0.15) is 0 Å². The maximum atomic E-state index is 11.8. The Morgan fingerprint density at radius 3 is 2.46 bits per heavy atom. The van der Waals surface area contributed by atoms with Crippen LogP contribution in [0.3, 0.4) is 0 Å². The number of amides is 2. The molecule has 1 aromatic heterocycles. The van der Waals surface area contributed by atoms with E-state index in [0.29, 0.717) is 29.5 Å². The minimum absolute atomic E-state index is 0.228. The largest absolute Gasteiger partial charge is 0.508 e. The third-order valence-corrected chi connectivity index (χ3v) is 6.67. The highest BCUT2D eigenvalue weighted by Crippen LogP contribution is 2.30. The molecule has 4 aromatic rings. The molecule has 0 spiro atoms. The van der Waals surface area contributed by atoms with Crippen LogP contribution in [0.15, 0.2) is 60.7 Å². The number of carbonyl (C=O) groups is 2. The van der Waals surface area contributed by atoms with Gasteiger partial charge in [0, 0.05) is 6.07 Å². The number of aromatic hydroxyl groups is 1. The number of nitrogens with zero attached hydrogens (tertiary/aromatic N) is 1. The number of nitrogens with one attached hydrogen (secondary N) is 2. The number of benzene rings is 3. The molecule has 1 aliphatic rings. The number of hydrogen-bond donors (Lipinski definition) is 3. The second kappa shape index (κ2) is 9.34. The summed E-state index contributed by atoms with van der Waals surface area (Å²) in [4.78, 5) is 31.0. The number of rotatable bonds is 7. The summed E-state index contributed by atoms with van der Waals surface area (Å²) in [6.45, 7) is 3.73. The molecule has 2 heterocycles. The molecule has 0 saturated carbocycles. The van der Waals surface area contributed by atoms with E-state index in [1.807, 2.05) is 56.3 Å². The Hall–Kier alpha value is -3.98. The van der Waals surface area contributed by atoms with Gasteiger partial charge in [-0.15, -0.1) is 0 Å². The summed E-state index contributed by atoms with van der Waals surface area (Å²) in [5.74, 6) is 2.63. The first kappa shape index (κ1) is 22.8. The molecule has 1 fully saturated rings. The molecule has 178 valence electrons. The van der Waals surface area contributed by atoms with Gasteiger partial charge in [-0.1, -0.05) is 23.9 Å². The lowest BCUT2D eigenvalue weighted by molar-refractivity contribution is -0.118. The first-order valence-corrected chi connectivity index (χ1v) is 12.0. The number of imidazole rings is 1. The number of aromatic amines is 1. The minimum Gasteiger partial charge on any atom is -0.508 e. The van der Waals surface area contributed by atoms with Crippen molar-refractivity contribution in [2.45, 2.75) is 31.6 Å². The Balaban J connectivity index is 1.24. The molecular weight excluding hydrogens is 466 g/mol. The van der Waals surface area contributed by atoms with Gasteiger partial charge in [0.1, 0.15) is 28.8 Å². The lowest BCUT2D eigenvalue weighted by atomic mass is 10.1. The van der Waals surface area contributed by atoms with E-state index >= 15 is 0 Å².